The molecule has 16 nitrogen and oxygen atoms in total. The Balaban J connectivity index is 1.52. The molecule has 8 N–H and O–H groups in total. The number of nitrogens with two attached hydrogens (primary N) is 2. The van der Waals surface area contributed by atoms with Gasteiger partial charge in [0.15, 0.2) is 0 Å². The number of nitrogens with one attached hydrogen (secondary N) is 4. The lowest BCUT2D eigenvalue weighted by Crippen LogP contribution is -2.54. The highest BCUT2D eigenvalue weighted by molar-refractivity contribution is 6.12. The van der Waals surface area contributed by atoms with Crippen LogP contribution < -0.4 is 37.5 Å². The summed E-state index contributed by atoms with van der Waals surface area (Å²) in [4.78, 5) is 87.1. The second-order valence-electron chi connectivity index (χ2n) is 12.2. The van der Waals surface area contributed by atoms with E-state index in [4.69, 9.17) is 20.9 Å². The van der Waals surface area contributed by atoms with Gasteiger partial charge in [-0.15, -0.1) is 0 Å². The first kappa shape index (κ1) is 39.5. The number of hydrogen-bond acceptors (Lipinski definition) is 10. The largest absolute Gasteiger partial charge is 0.514 e. The van der Waals surface area contributed by atoms with Gasteiger partial charge in [-0.1, -0.05) is 32.4 Å². The zero-order valence-corrected chi connectivity index (χ0v) is 28.6. The Kier molecular flexibility index (Phi) is 15.4. The van der Waals surface area contributed by atoms with Crippen molar-refractivity contribution < 1.29 is 43.0 Å². The molecule has 274 valence electrons. The number of unbranched alkanes of at least 4 members (excludes halogenated alkanes) is 2. The molecule has 3 rings (SSSR count). The maximum atomic E-state index is 13.4. The summed E-state index contributed by atoms with van der Waals surface area (Å²) in [5, 5.41) is 10.7. The molecule has 0 aromatic heterocycles. The van der Waals surface area contributed by atoms with Crippen LogP contribution in [0.5, 0.6) is 5.75 Å². The summed E-state index contributed by atoms with van der Waals surface area (Å²) >= 11 is 0. The van der Waals surface area contributed by atoms with Crippen LogP contribution in [0.15, 0.2) is 60.7 Å². The second kappa shape index (κ2) is 19.9. The molecule has 0 bridgehead atoms. The molecule has 16 heteroatoms. The zero-order valence-electron chi connectivity index (χ0n) is 28.6. The Bertz CT molecular complexity index is 1560. The molecular weight excluding hydrogens is 662 g/mol. The van der Waals surface area contributed by atoms with Gasteiger partial charge in [0.1, 0.15) is 24.4 Å². The molecule has 51 heavy (non-hydrogen) atoms. The number of nitrogen functional groups attached to an aromatic ring is 1. The molecule has 0 radical (unpaired) electrons. The molecule has 0 saturated heterocycles. The van der Waals surface area contributed by atoms with E-state index in [0.29, 0.717) is 42.6 Å². The molecule has 0 saturated carbocycles. The molecule has 1 heterocycles. The number of urea groups is 1. The summed E-state index contributed by atoms with van der Waals surface area (Å²) in [7, 11) is 0. The number of primary amides is 1. The van der Waals surface area contributed by atoms with Crippen molar-refractivity contribution in [3.8, 4) is 5.75 Å². The minimum Gasteiger partial charge on any atom is -0.429 e. The number of carbonyl (C=O) groups is 7. The van der Waals surface area contributed by atoms with Crippen molar-refractivity contribution in [1.82, 2.24) is 20.9 Å². The van der Waals surface area contributed by atoms with Crippen LogP contribution >= 0.6 is 0 Å². The van der Waals surface area contributed by atoms with Crippen molar-refractivity contribution in [2.75, 3.05) is 24.1 Å². The average molecular weight is 708 g/mol. The van der Waals surface area contributed by atoms with E-state index in [9.17, 15) is 33.6 Å². The van der Waals surface area contributed by atoms with Gasteiger partial charge in [-0.3, -0.25) is 28.9 Å². The Morgan fingerprint density at radius 1 is 0.824 bits per heavy atom. The lowest BCUT2D eigenvalue weighted by atomic mass is 10.0. The molecule has 2 unspecified atom stereocenters. The van der Waals surface area contributed by atoms with Crippen LogP contribution in [0.4, 0.5) is 21.0 Å². The molecule has 0 spiro atoms. The van der Waals surface area contributed by atoms with Crippen LogP contribution in [-0.4, -0.2) is 71.8 Å². The Hall–Kier alpha value is -5.93. The summed E-state index contributed by atoms with van der Waals surface area (Å²) in [6.07, 6.45) is 3.75. The zero-order chi connectivity index (χ0) is 37.3. The van der Waals surface area contributed by atoms with Crippen molar-refractivity contribution in [3.63, 3.8) is 0 Å². The lowest BCUT2D eigenvalue weighted by Gasteiger charge is -2.25. The summed E-state index contributed by atoms with van der Waals surface area (Å²) in [5.74, 6) is -2.18. The average Bonchev–Trinajstić information content (AvgIpc) is 3.41. The summed E-state index contributed by atoms with van der Waals surface area (Å²) in [6, 6.07) is 10.0. The third kappa shape index (κ3) is 13.8. The van der Waals surface area contributed by atoms with Gasteiger partial charge in [-0.05, 0) is 73.6 Å². The molecule has 2 atom stereocenters. The summed E-state index contributed by atoms with van der Waals surface area (Å²) in [5.41, 5.74) is 12.3. The number of benzene rings is 2. The van der Waals surface area contributed by atoms with Crippen molar-refractivity contribution in [2.45, 2.75) is 71.1 Å². The smallest absolute Gasteiger partial charge is 0.429 e. The molecule has 7 amide bonds. The van der Waals surface area contributed by atoms with Gasteiger partial charge in [0, 0.05) is 43.0 Å². The Morgan fingerprint density at radius 2 is 1.49 bits per heavy atom. The van der Waals surface area contributed by atoms with Crippen molar-refractivity contribution >= 4 is 53.1 Å². The lowest BCUT2D eigenvalue weighted by molar-refractivity contribution is -0.137. The number of rotatable bonds is 19. The first-order valence-corrected chi connectivity index (χ1v) is 16.6. The maximum absolute atomic E-state index is 13.4. The van der Waals surface area contributed by atoms with Gasteiger partial charge in [-0.2, -0.15) is 0 Å². The highest BCUT2D eigenvalue weighted by atomic mass is 16.7. The fraction of sp³-hybridized carbons (Fsp3) is 0.400. The van der Waals surface area contributed by atoms with Crippen molar-refractivity contribution in [1.29, 1.82) is 0 Å². The van der Waals surface area contributed by atoms with E-state index in [0.717, 1.165) is 4.90 Å². The van der Waals surface area contributed by atoms with Crippen molar-refractivity contribution in [3.05, 3.63) is 66.2 Å². The van der Waals surface area contributed by atoms with Crippen LogP contribution in [0.25, 0.3) is 0 Å². The standard InChI is InChI=1S/C35H45N7O9/c1-22(2)31(41-28(43)8-4-3-5-20-42-29(44)17-18-30(42)45)33(47)40-27(7-6-19-38-34(37)48)32(46)39-25-13-9-23(10-14-25)21-50-35(49)51-26-15-11-24(36)12-16-26/h9-18,22,27,31H,3-8,19-21,36H2,1-2H3,(H,39,46)(H,40,47)(H,41,43)(H3,37,38,48). The van der Waals surface area contributed by atoms with Crippen molar-refractivity contribution in [2.24, 2.45) is 11.7 Å². The number of carbonyl (C=O) groups excluding carboxylic acids is 7. The number of hydrogen-bond donors (Lipinski definition) is 6. The van der Waals surface area contributed by atoms with Crippen LogP contribution in [0.3, 0.4) is 0 Å². The van der Waals surface area contributed by atoms with Crippen LogP contribution in [0.1, 0.15) is 57.9 Å². The monoisotopic (exact) mass is 707 g/mol. The summed E-state index contributed by atoms with van der Waals surface area (Å²) in [6.45, 7) is 3.87. The number of imide groups is 1. The minimum absolute atomic E-state index is 0.0891. The van der Waals surface area contributed by atoms with Gasteiger partial charge >= 0.3 is 12.2 Å². The fourth-order valence-electron chi connectivity index (χ4n) is 4.93. The molecule has 1 aliphatic heterocycles. The normalized spacial score (nSPS) is 13.4. The molecule has 2 aromatic rings. The topological polar surface area (TPSA) is 241 Å². The number of anilines is 2. The Morgan fingerprint density at radius 3 is 2.12 bits per heavy atom. The molecule has 0 fully saturated rings. The van der Waals surface area contributed by atoms with E-state index in [2.05, 4.69) is 21.3 Å². The van der Waals surface area contributed by atoms with Crippen LogP contribution in [0, 0.1) is 5.92 Å². The second-order valence-corrected chi connectivity index (χ2v) is 12.2. The minimum atomic E-state index is -1.03. The van der Waals surface area contributed by atoms with E-state index in [1.165, 1.54) is 24.3 Å². The van der Waals surface area contributed by atoms with Crippen LogP contribution in [0.2, 0.25) is 0 Å². The predicted octanol–water partition coefficient (Wildman–Crippen LogP) is 2.48. The van der Waals surface area contributed by atoms with Gasteiger partial charge in [0.2, 0.25) is 17.7 Å². The van der Waals surface area contributed by atoms with E-state index >= 15 is 0 Å². The highest BCUT2D eigenvalue weighted by Crippen LogP contribution is 2.16. The summed E-state index contributed by atoms with van der Waals surface area (Å²) < 4.78 is 10.2. The predicted molar refractivity (Wildman–Crippen MR) is 187 cm³/mol. The number of nitrogens with zero attached hydrogens (tertiary/aromatic N) is 1. The molecule has 0 aliphatic carbocycles. The Labute approximate surface area is 295 Å². The molecular formula is C35H45N7O9. The van der Waals surface area contributed by atoms with E-state index in [1.54, 1.807) is 50.2 Å². The van der Waals surface area contributed by atoms with Gasteiger partial charge in [-0.25, -0.2) is 9.59 Å². The highest BCUT2D eigenvalue weighted by Gasteiger charge is 2.29. The molecule has 1 aliphatic rings. The fourth-order valence-corrected chi connectivity index (χ4v) is 4.93. The first-order chi connectivity index (χ1) is 24.3. The van der Waals surface area contributed by atoms with Crippen LogP contribution in [-0.2, 0) is 35.3 Å². The molecule has 2 aromatic carbocycles. The van der Waals surface area contributed by atoms with E-state index < -0.39 is 36.1 Å². The van der Waals surface area contributed by atoms with E-state index in [1.807, 2.05) is 0 Å². The number of amides is 7. The van der Waals surface area contributed by atoms with Gasteiger partial charge in [0.05, 0.1) is 0 Å². The third-order valence-electron chi connectivity index (χ3n) is 7.71. The maximum Gasteiger partial charge on any atom is 0.514 e. The third-order valence-corrected chi connectivity index (χ3v) is 7.71. The van der Waals surface area contributed by atoms with E-state index in [-0.39, 0.29) is 61.9 Å². The number of ether oxygens (including phenoxy) is 2. The first-order valence-electron chi connectivity index (χ1n) is 16.6. The van der Waals surface area contributed by atoms with Gasteiger partial charge in [0.25, 0.3) is 11.8 Å². The van der Waals surface area contributed by atoms with Gasteiger partial charge < -0.3 is 42.2 Å². The SMILES string of the molecule is CC(C)C(NC(=O)CCCCCN1C(=O)C=CC1=O)C(=O)NC(CCCNC(N)=O)C(=O)Nc1ccc(COC(=O)Oc2ccc(N)cc2)cc1. The quantitative estimate of drug-likeness (QED) is 0.0410.